The van der Waals surface area contributed by atoms with E-state index in [0.29, 0.717) is 4.31 Å². The Hall–Kier alpha value is -3.01. The van der Waals surface area contributed by atoms with Gasteiger partial charge < -0.3 is 10.2 Å². The summed E-state index contributed by atoms with van der Waals surface area (Å²) in [7, 11) is -4.03. The monoisotopic (exact) mass is 521 g/mol. The van der Waals surface area contributed by atoms with Gasteiger partial charge in [0.1, 0.15) is 12.6 Å². The van der Waals surface area contributed by atoms with Gasteiger partial charge in [0, 0.05) is 18.7 Å². The van der Waals surface area contributed by atoms with Crippen molar-refractivity contribution >= 4 is 27.5 Å². The molecule has 0 spiro atoms. The third-order valence-corrected chi connectivity index (χ3v) is 7.57. The number of benzene rings is 2. The van der Waals surface area contributed by atoms with E-state index in [0.717, 1.165) is 67.7 Å². The van der Waals surface area contributed by atoms with Crippen molar-refractivity contribution in [1.82, 2.24) is 10.2 Å². The highest BCUT2D eigenvalue weighted by molar-refractivity contribution is 7.92. The van der Waals surface area contributed by atoms with Gasteiger partial charge in [0.25, 0.3) is 0 Å². The predicted molar refractivity (Wildman–Crippen MR) is 135 cm³/mol. The molecule has 0 unspecified atom stereocenters. The highest BCUT2D eigenvalue weighted by Crippen LogP contribution is 2.22. The second kappa shape index (κ2) is 11.8. The fourth-order valence-corrected chi connectivity index (χ4v) is 5.25. The molecule has 7 nitrogen and oxygen atoms in total. The van der Waals surface area contributed by atoms with E-state index < -0.39 is 40.2 Å². The van der Waals surface area contributed by atoms with Crippen LogP contribution in [0.15, 0.2) is 42.5 Å². The molecular formula is C26H33F2N3O4S. The number of amides is 2. The zero-order valence-corrected chi connectivity index (χ0v) is 21.7. The molecular weight excluding hydrogens is 488 g/mol. The highest BCUT2D eigenvalue weighted by atomic mass is 32.2. The van der Waals surface area contributed by atoms with Crippen LogP contribution in [0.25, 0.3) is 0 Å². The molecule has 0 radical (unpaired) electrons. The molecule has 2 amide bonds. The van der Waals surface area contributed by atoms with Crippen molar-refractivity contribution in [3.05, 3.63) is 65.2 Å². The molecule has 10 heteroatoms. The molecule has 1 aliphatic carbocycles. The number of sulfonamides is 1. The first-order chi connectivity index (χ1) is 17.0. The number of carbonyl (C=O) groups excluding carboxylic acids is 2. The van der Waals surface area contributed by atoms with Crippen molar-refractivity contribution < 1.29 is 26.8 Å². The van der Waals surface area contributed by atoms with Gasteiger partial charge in [-0.15, -0.1) is 0 Å². The van der Waals surface area contributed by atoms with Crippen molar-refractivity contribution in [2.24, 2.45) is 0 Å². The first-order valence-corrected chi connectivity index (χ1v) is 13.9. The quantitative estimate of drug-likeness (QED) is 0.542. The van der Waals surface area contributed by atoms with Crippen molar-refractivity contribution in [3.8, 4) is 0 Å². The lowest BCUT2D eigenvalue weighted by molar-refractivity contribution is -0.139. The minimum atomic E-state index is -4.03. The molecule has 0 aliphatic heterocycles. The maximum absolute atomic E-state index is 13.9. The number of anilines is 1. The number of rotatable bonds is 9. The van der Waals surface area contributed by atoms with E-state index in [1.54, 1.807) is 6.92 Å². The standard InChI is InChI=1S/C26H33F2N3O4S/c1-18-8-7-9-20(14-18)16-30(19(2)26(33)29-21-10-5-4-6-11-21)25(32)17-31(36(3,34)35)22-12-13-23(27)24(28)15-22/h7-9,12-15,19,21H,4-6,10-11,16-17H2,1-3H3,(H,29,33)/t19-/m1/s1. The Labute approximate surface area is 211 Å². The first-order valence-electron chi connectivity index (χ1n) is 12.0. The van der Waals surface area contributed by atoms with Crippen LogP contribution in [-0.4, -0.2) is 50.0 Å². The molecule has 196 valence electrons. The van der Waals surface area contributed by atoms with Gasteiger partial charge in [-0.1, -0.05) is 49.1 Å². The molecule has 1 fully saturated rings. The molecule has 2 aromatic carbocycles. The molecule has 36 heavy (non-hydrogen) atoms. The Morgan fingerprint density at radius 2 is 1.75 bits per heavy atom. The average molecular weight is 522 g/mol. The molecule has 1 saturated carbocycles. The van der Waals surface area contributed by atoms with E-state index in [-0.39, 0.29) is 24.2 Å². The molecule has 1 N–H and O–H groups in total. The maximum Gasteiger partial charge on any atom is 0.244 e. The fourth-order valence-electron chi connectivity index (χ4n) is 4.41. The van der Waals surface area contributed by atoms with Crippen LogP contribution in [0.2, 0.25) is 0 Å². The predicted octanol–water partition coefficient (Wildman–Crippen LogP) is 3.91. The van der Waals surface area contributed by atoms with Gasteiger partial charge in [-0.2, -0.15) is 0 Å². The summed E-state index contributed by atoms with van der Waals surface area (Å²) in [5.41, 5.74) is 1.57. The molecule has 3 rings (SSSR count). The fraction of sp³-hybridized carbons (Fsp3) is 0.462. The van der Waals surface area contributed by atoms with E-state index in [1.807, 2.05) is 31.2 Å². The van der Waals surface area contributed by atoms with E-state index in [4.69, 9.17) is 0 Å². The van der Waals surface area contributed by atoms with Gasteiger partial charge in [0.05, 0.1) is 11.9 Å². The third-order valence-electron chi connectivity index (χ3n) is 6.42. The molecule has 0 aromatic heterocycles. The highest BCUT2D eigenvalue weighted by Gasteiger charge is 2.31. The van der Waals surface area contributed by atoms with Crippen molar-refractivity contribution in [3.63, 3.8) is 0 Å². The second-order valence-electron chi connectivity index (χ2n) is 9.40. The van der Waals surface area contributed by atoms with Crippen LogP contribution >= 0.6 is 0 Å². The molecule has 1 atom stereocenters. The topological polar surface area (TPSA) is 86.8 Å². The maximum atomic E-state index is 13.9. The summed E-state index contributed by atoms with van der Waals surface area (Å²) in [6.07, 6.45) is 5.83. The molecule has 0 heterocycles. The lowest BCUT2D eigenvalue weighted by Crippen LogP contribution is -2.53. The Morgan fingerprint density at radius 1 is 1.06 bits per heavy atom. The van der Waals surface area contributed by atoms with Crippen LogP contribution in [0.5, 0.6) is 0 Å². The number of carbonyl (C=O) groups is 2. The molecule has 1 aliphatic rings. The van der Waals surface area contributed by atoms with Crippen molar-refractivity contribution in [1.29, 1.82) is 0 Å². The average Bonchev–Trinajstić information content (AvgIpc) is 2.82. The number of halogens is 2. The van der Waals surface area contributed by atoms with Gasteiger partial charge in [-0.3, -0.25) is 13.9 Å². The largest absolute Gasteiger partial charge is 0.352 e. The summed E-state index contributed by atoms with van der Waals surface area (Å²) in [4.78, 5) is 28.0. The van der Waals surface area contributed by atoms with Crippen LogP contribution in [0, 0.1) is 18.6 Å². The van der Waals surface area contributed by atoms with Gasteiger partial charge in [-0.05, 0) is 44.4 Å². The van der Waals surface area contributed by atoms with Gasteiger partial charge >= 0.3 is 0 Å². The van der Waals surface area contributed by atoms with Gasteiger partial charge in [0.2, 0.25) is 21.8 Å². The van der Waals surface area contributed by atoms with Crippen molar-refractivity contribution in [2.45, 2.75) is 64.6 Å². The Bertz CT molecular complexity index is 1200. The van der Waals surface area contributed by atoms with E-state index in [2.05, 4.69) is 5.32 Å². The third kappa shape index (κ3) is 7.25. The Balaban J connectivity index is 1.88. The summed E-state index contributed by atoms with van der Waals surface area (Å²) in [5.74, 6) is -3.32. The molecule has 0 bridgehead atoms. The SMILES string of the molecule is Cc1cccc(CN(C(=O)CN(c2ccc(F)c(F)c2)S(C)(=O)=O)[C@H](C)C(=O)NC2CCCCC2)c1. The Morgan fingerprint density at radius 3 is 2.36 bits per heavy atom. The Kier molecular flexibility index (Phi) is 9.05. The number of nitrogens with one attached hydrogen (secondary N) is 1. The second-order valence-corrected chi connectivity index (χ2v) is 11.3. The summed E-state index contributed by atoms with van der Waals surface area (Å²) >= 11 is 0. The lowest BCUT2D eigenvalue weighted by Gasteiger charge is -2.33. The molecule has 2 aromatic rings. The van der Waals surface area contributed by atoms with E-state index in [9.17, 15) is 26.8 Å². The lowest BCUT2D eigenvalue weighted by atomic mass is 9.95. The van der Waals surface area contributed by atoms with E-state index in [1.165, 1.54) is 4.90 Å². The van der Waals surface area contributed by atoms with Crippen LogP contribution in [0.1, 0.15) is 50.2 Å². The summed E-state index contributed by atoms with van der Waals surface area (Å²) in [5, 5.41) is 3.02. The molecule has 0 saturated heterocycles. The van der Waals surface area contributed by atoms with Crippen LogP contribution in [0.3, 0.4) is 0 Å². The first kappa shape index (κ1) is 27.6. The number of hydrogen-bond acceptors (Lipinski definition) is 4. The van der Waals surface area contributed by atoms with Crippen LogP contribution < -0.4 is 9.62 Å². The minimum Gasteiger partial charge on any atom is -0.352 e. The summed E-state index contributed by atoms with van der Waals surface area (Å²) < 4.78 is 53.1. The summed E-state index contributed by atoms with van der Waals surface area (Å²) in [6, 6.07) is 9.24. The van der Waals surface area contributed by atoms with Gasteiger partial charge in [0.15, 0.2) is 11.6 Å². The normalized spacial score (nSPS) is 15.2. The zero-order chi connectivity index (χ0) is 26.5. The van der Waals surface area contributed by atoms with Gasteiger partial charge in [-0.25, -0.2) is 17.2 Å². The minimum absolute atomic E-state index is 0.0410. The van der Waals surface area contributed by atoms with Crippen LogP contribution in [-0.2, 0) is 26.2 Å². The zero-order valence-electron chi connectivity index (χ0n) is 20.8. The van der Waals surface area contributed by atoms with E-state index >= 15 is 0 Å². The number of nitrogens with zero attached hydrogens (tertiary/aromatic N) is 2. The number of aryl methyl sites for hydroxylation is 1. The van der Waals surface area contributed by atoms with Crippen molar-refractivity contribution in [2.75, 3.05) is 17.1 Å². The van der Waals surface area contributed by atoms with Crippen LogP contribution in [0.4, 0.5) is 14.5 Å². The smallest absolute Gasteiger partial charge is 0.244 e. The number of hydrogen-bond donors (Lipinski definition) is 1. The summed E-state index contributed by atoms with van der Waals surface area (Å²) in [6.45, 7) is 2.92.